The van der Waals surface area contributed by atoms with E-state index in [9.17, 15) is 0 Å². The summed E-state index contributed by atoms with van der Waals surface area (Å²) in [6.07, 6.45) is 16.4. The molecule has 5 nitrogen and oxygen atoms in total. The Hall–Kier alpha value is -5.03. The van der Waals surface area contributed by atoms with Crippen molar-refractivity contribution >= 4 is 0 Å². The van der Waals surface area contributed by atoms with Crippen molar-refractivity contribution in [2.45, 2.75) is 119 Å². The van der Waals surface area contributed by atoms with Gasteiger partial charge in [-0.2, -0.15) is 0 Å². The third kappa shape index (κ3) is 22.1. The molecular formula is C49H67N5. The summed E-state index contributed by atoms with van der Waals surface area (Å²) in [6.45, 7) is 26.0. The van der Waals surface area contributed by atoms with E-state index in [0.29, 0.717) is 35.5 Å². The highest BCUT2D eigenvalue weighted by Gasteiger charge is 1.98. The molecule has 4 heterocycles. The number of aromatic nitrogens is 5. The second kappa shape index (κ2) is 28.5. The second-order valence-electron chi connectivity index (χ2n) is 14.8. The van der Waals surface area contributed by atoms with Gasteiger partial charge in [0.1, 0.15) is 6.33 Å². The molecule has 0 atom stereocenters. The van der Waals surface area contributed by atoms with Crippen LogP contribution < -0.4 is 0 Å². The number of rotatable bonds is 6. The van der Waals surface area contributed by atoms with E-state index in [1.165, 1.54) is 33.4 Å². The molecule has 4 aromatic heterocycles. The van der Waals surface area contributed by atoms with Crippen LogP contribution in [-0.4, -0.2) is 24.9 Å². The minimum Gasteiger partial charge on any atom is -0.264 e. The first-order valence-electron chi connectivity index (χ1n) is 19.4. The number of hydrogen-bond donors (Lipinski definition) is 0. The van der Waals surface area contributed by atoms with Gasteiger partial charge in [-0.3, -0.25) is 15.0 Å². The van der Waals surface area contributed by atoms with Gasteiger partial charge in [-0.25, -0.2) is 9.97 Å². The molecule has 0 saturated carbocycles. The van der Waals surface area contributed by atoms with Gasteiger partial charge in [0.2, 0.25) is 0 Å². The Balaban J connectivity index is 0.000000324. The Bertz CT molecular complexity index is 1340. The molecule has 0 radical (unpaired) electrons. The minimum absolute atomic E-state index is 0.534. The highest BCUT2D eigenvalue weighted by molar-refractivity contribution is 5.19. The molecule has 0 unspecified atom stereocenters. The van der Waals surface area contributed by atoms with Crippen LogP contribution in [0.25, 0.3) is 0 Å². The maximum absolute atomic E-state index is 4.01. The lowest BCUT2D eigenvalue weighted by molar-refractivity contribution is 0.845. The van der Waals surface area contributed by atoms with E-state index >= 15 is 0 Å². The van der Waals surface area contributed by atoms with Crippen LogP contribution in [0.15, 0.2) is 153 Å². The van der Waals surface area contributed by atoms with E-state index in [2.05, 4.69) is 175 Å². The lowest BCUT2D eigenvalue weighted by Crippen LogP contribution is -1.88. The van der Waals surface area contributed by atoms with Gasteiger partial charge >= 0.3 is 0 Å². The minimum atomic E-state index is 0.534. The van der Waals surface area contributed by atoms with Gasteiger partial charge in [0, 0.05) is 49.6 Å². The van der Waals surface area contributed by atoms with Crippen LogP contribution in [0.4, 0.5) is 0 Å². The molecule has 6 aromatic rings. The molecule has 0 aliphatic heterocycles. The molecule has 0 fully saturated rings. The number of benzene rings is 2. The summed E-state index contributed by atoms with van der Waals surface area (Å²) < 4.78 is 0. The van der Waals surface area contributed by atoms with E-state index in [4.69, 9.17) is 0 Å². The number of pyridine rings is 3. The number of hydrogen-bond acceptors (Lipinski definition) is 5. The van der Waals surface area contributed by atoms with Crippen LogP contribution >= 0.6 is 0 Å². The van der Waals surface area contributed by atoms with Gasteiger partial charge in [0.15, 0.2) is 0 Å². The Morgan fingerprint density at radius 1 is 0.259 bits per heavy atom. The van der Waals surface area contributed by atoms with Crippen LogP contribution in [0.3, 0.4) is 0 Å². The Kier molecular flexibility index (Phi) is 24.8. The van der Waals surface area contributed by atoms with Crippen molar-refractivity contribution < 1.29 is 0 Å². The predicted molar refractivity (Wildman–Crippen MR) is 232 cm³/mol. The first kappa shape index (κ1) is 47.0. The summed E-state index contributed by atoms with van der Waals surface area (Å²) in [5, 5.41) is 0. The summed E-state index contributed by atoms with van der Waals surface area (Å²) >= 11 is 0. The van der Waals surface area contributed by atoms with Crippen LogP contribution in [0, 0.1) is 0 Å². The molecule has 0 bridgehead atoms. The summed E-state index contributed by atoms with van der Waals surface area (Å²) in [7, 11) is 0. The molecule has 288 valence electrons. The van der Waals surface area contributed by atoms with Gasteiger partial charge in [-0.1, -0.05) is 162 Å². The summed E-state index contributed by atoms with van der Waals surface area (Å²) in [5.74, 6) is 3.64. The van der Waals surface area contributed by atoms with Gasteiger partial charge in [-0.15, -0.1) is 0 Å². The van der Waals surface area contributed by atoms with E-state index in [1.54, 1.807) is 24.9 Å². The molecule has 6 rings (SSSR count). The fraction of sp³-hybridized carbons (Fsp3) is 0.367. The van der Waals surface area contributed by atoms with Crippen LogP contribution in [0.2, 0.25) is 0 Å². The van der Waals surface area contributed by atoms with E-state index in [-0.39, 0.29) is 0 Å². The van der Waals surface area contributed by atoms with Crippen molar-refractivity contribution in [2.75, 3.05) is 0 Å². The normalized spacial score (nSPS) is 10.1. The third-order valence-corrected chi connectivity index (χ3v) is 8.23. The molecule has 5 heteroatoms. The van der Waals surface area contributed by atoms with Gasteiger partial charge < -0.3 is 0 Å². The zero-order chi connectivity index (χ0) is 40.1. The highest BCUT2D eigenvalue weighted by Crippen LogP contribution is 2.14. The standard InChI is InChI=1S/2C9H12.3C8H11N.C7H10N2/c2*1-8(2)9-6-4-3-5-7-9;3*1-7(2)8-4-3-5-9-6-8;1-6(2)7-3-8-5-9-4-7/h2*3-8H,1-2H3;3*3-7H,1-2H3;3-6H,1-2H3. The zero-order valence-electron chi connectivity index (χ0n) is 35.1. The lowest BCUT2D eigenvalue weighted by Gasteiger charge is -2.01. The van der Waals surface area contributed by atoms with E-state index in [0.717, 1.165) is 0 Å². The van der Waals surface area contributed by atoms with Crippen molar-refractivity contribution in [3.05, 3.63) is 186 Å². The summed E-state index contributed by atoms with van der Waals surface area (Å²) in [6, 6.07) is 33.2. The molecule has 0 saturated heterocycles. The monoisotopic (exact) mass is 726 g/mol. The summed E-state index contributed by atoms with van der Waals surface area (Å²) in [5.41, 5.74) is 7.93. The fourth-order valence-electron chi connectivity index (χ4n) is 4.44. The highest BCUT2D eigenvalue weighted by atomic mass is 14.8. The van der Waals surface area contributed by atoms with Crippen LogP contribution in [0.5, 0.6) is 0 Å². The van der Waals surface area contributed by atoms with E-state index in [1.807, 2.05) is 61.3 Å². The topological polar surface area (TPSA) is 64.5 Å². The quantitative estimate of drug-likeness (QED) is 0.171. The van der Waals surface area contributed by atoms with Crippen LogP contribution in [-0.2, 0) is 0 Å². The van der Waals surface area contributed by atoms with Crippen LogP contribution in [0.1, 0.15) is 152 Å². The first-order chi connectivity index (χ1) is 25.8. The second-order valence-corrected chi connectivity index (χ2v) is 14.8. The van der Waals surface area contributed by atoms with Gasteiger partial charge in [0.25, 0.3) is 0 Å². The predicted octanol–water partition coefficient (Wildman–Crippen LogP) is 13.8. The first-order valence-corrected chi connectivity index (χ1v) is 19.4. The fourth-order valence-corrected chi connectivity index (χ4v) is 4.44. The molecule has 54 heavy (non-hydrogen) atoms. The lowest BCUT2D eigenvalue weighted by atomic mass is 10.0. The van der Waals surface area contributed by atoms with Crippen molar-refractivity contribution in [2.24, 2.45) is 0 Å². The molecular weight excluding hydrogens is 659 g/mol. The molecule has 0 N–H and O–H groups in total. The van der Waals surface area contributed by atoms with Crippen molar-refractivity contribution in [3.8, 4) is 0 Å². The summed E-state index contributed by atoms with van der Waals surface area (Å²) in [4.78, 5) is 19.8. The average Bonchev–Trinajstić information content (AvgIpc) is 3.21. The Morgan fingerprint density at radius 2 is 0.500 bits per heavy atom. The maximum Gasteiger partial charge on any atom is 0.115 e. The van der Waals surface area contributed by atoms with Crippen molar-refractivity contribution in [1.29, 1.82) is 0 Å². The maximum atomic E-state index is 4.01. The van der Waals surface area contributed by atoms with Crippen molar-refractivity contribution in [3.63, 3.8) is 0 Å². The third-order valence-electron chi connectivity index (χ3n) is 8.23. The molecule has 0 spiro atoms. The molecule has 2 aromatic carbocycles. The smallest absolute Gasteiger partial charge is 0.115 e. The Labute approximate surface area is 328 Å². The van der Waals surface area contributed by atoms with E-state index < -0.39 is 0 Å². The largest absolute Gasteiger partial charge is 0.264 e. The van der Waals surface area contributed by atoms with Gasteiger partial charge in [-0.05, 0) is 87.1 Å². The number of nitrogens with zero attached hydrogens (tertiary/aromatic N) is 5. The van der Waals surface area contributed by atoms with Gasteiger partial charge in [0.05, 0.1) is 0 Å². The Morgan fingerprint density at radius 3 is 0.667 bits per heavy atom. The van der Waals surface area contributed by atoms with Crippen molar-refractivity contribution in [1.82, 2.24) is 24.9 Å². The molecule has 0 aliphatic rings. The zero-order valence-corrected chi connectivity index (χ0v) is 35.1. The average molecular weight is 726 g/mol. The molecule has 0 amide bonds. The molecule has 0 aliphatic carbocycles. The SMILES string of the molecule is CC(C)c1ccccc1.CC(C)c1ccccc1.CC(C)c1cccnc1.CC(C)c1cccnc1.CC(C)c1cccnc1.CC(C)c1cncnc1.